The Labute approximate surface area is 144 Å². The molecular formula is C19H18N4O2. The molecular weight excluding hydrogens is 316 g/mol. The molecule has 25 heavy (non-hydrogen) atoms. The van der Waals surface area contributed by atoms with E-state index in [9.17, 15) is 4.79 Å². The van der Waals surface area contributed by atoms with Crippen molar-refractivity contribution >= 4 is 28.5 Å². The molecule has 126 valence electrons. The summed E-state index contributed by atoms with van der Waals surface area (Å²) in [5, 5.41) is 0.745. The quantitative estimate of drug-likeness (QED) is 0.708. The molecule has 0 amide bonds. The second kappa shape index (κ2) is 4.92. The number of fused-ring (bicyclic) bond motifs is 2. The minimum atomic E-state index is -0.861. The number of aromatic nitrogens is 2. The van der Waals surface area contributed by atoms with E-state index in [1.54, 1.807) is 13.8 Å². The van der Waals surface area contributed by atoms with Crippen LogP contribution in [0.2, 0.25) is 0 Å². The van der Waals surface area contributed by atoms with E-state index in [4.69, 9.17) is 16.2 Å². The molecule has 2 heterocycles. The number of ether oxygens (including phenoxy) is 1. The number of benzene rings is 2. The highest BCUT2D eigenvalue weighted by Gasteiger charge is 2.41. The third-order valence-corrected chi connectivity index (χ3v) is 4.62. The molecule has 0 atom stereocenters. The van der Waals surface area contributed by atoms with Gasteiger partial charge in [0.1, 0.15) is 11.6 Å². The van der Waals surface area contributed by atoms with Gasteiger partial charge in [0.25, 0.3) is 0 Å². The van der Waals surface area contributed by atoms with Crippen LogP contribution in [0, 0.1) is 6.92 Å². The van der Waals surface area contributed by atoms with Gasteiger partial charge in [-0.2, -0.15) is 4.98 Å². The molecule has 0 bridgehead atoms. The van der Waals surface area contributed by atoms with Gasteiger partial charge in [0.15, 0.2) is 5.60 Å². The summed E-state index contributed by atoms with van der Waals surface area (Å²) >= 11 is 0. The molecule has 3 aromatic rings. The molecule has 0 saturated carbocycles. The van der Waals surface area contributed by atoms with Crippen molar-refractivity contribution in [2.24, 2.45) is 0 Å². The van der Waals surface area contributed by atoms with E-state index in [0.717, 1.165) is 22.1 Å². The van der Waals surface area contributed by atoms with Crippen molar-refractivity contribution in [1.29, 1.82) is 0 Å². The molecule has 4 N–H and O–H groups in total. The van der Waals surface area contributed by atoms with Crippen LogP contribution in [0.3, 0.4) is 0 Å². The van der Waals surface area contributed by atoms with Crippen LogP contribution in [0.1, 0.15) is 29.8 Å². The second-order valence-electron chi connectivity index (χ2n) is 6.72. The molecule has 0 radical (unpaired) electrons. The Morgan fingerprint density at radius 3 is 2.56 bits per heavy atom. The summed E-state index contributed by atoms with van der Waals surface area (Å²) in [4.78, 5) is 21.1. The number of hydrogen-bond donors (Lipinski definition) is 2. The number of hydrogen-bond acceptors (Lipinski definition) is 6. The molecule has 1 aliphatic heterocycles. The van der Waals surface area contributed by atoms with E-state index in [-0.39, 0.29) is 11.7 Å². The van der Waals surface area contributed by atoms with Crippen molar-refractivity contribution in [3.05, 3.63) is 41.5 Å². The van der Waals surface area contributed by atoms with Crippen LogP contribution in [0.25, 0.3) is 22.0 Å². The Bertz CT molecular complexity index is 1060. The molecule has 4 rings (SSSR count). The number of rotatable bonds is 1. The van der Waals surface area contributed by atoms with E-state index < -0.39 is 5.60 Å². The molecule has 1 aliphatic rings. The van der Waals surface area contributed by atoms with E-state index in [2.05, 4.69) is 9.97 Å². The van der Waals surface area contributed by atoms with Crippen LogP contribution in [-0.4, -0.2) is 21.4 Å². The third-order valence-electron chi connectivity index (χ3n) is 4.62. The van der Waals surface area contributed by atoms with Gasteiger partial charge in [0.05, 0.1) is 11.1 Å². The molecule has 0 fully saturated rings. The minimum absolute atomic E-state index is 0.0286. The van der Waals surface area contributed by atoms with Gasteiger partial charge in [-0.3, -0.25) is 4.79 Å². The van der Waals surface area contributed by atoms with Gasteiger partial charge >= 0.3 is 0 Å². The Kier molecular flexibility index (Phi) is 3.03. The van der Waals surface area contributed by atoms with Crippen molar-refractivity contribution in [3.8, 4) is 16.9 Å². The monoisotopic (exact) mass is 334 g/mol. The SMILES string of the molecule is Cc1c(-c2cccc3c2C(=O)C(C)(C)O3)ccc2nc(N)nc(N)c12. The highest BCUT2D eigenvalue weighted by molar-refractivity contribution is 6.12. The topological polar surface area (TPSA) is 104 Å². The summed E-state index contributed by atoms with van der Waals surface area (Å²) in [6.45, 7) is 5.50. The first-order valence-corrected chi connectivity index (χ1v) is 7.99. The van der Waals surface area contributed by atoms with E-state index in [1.807, 2.05) is 37.3 Å². The molecule has 0 spiro atoms. The summed E-state index contributed by atoms with van der Waals surface area (Å²) in [6, 6.07) is 9.40. The van der Waals surface area contributed by atoms with Gasteiger partial charge in [0, 0.05) is 5.39 Å². The Hall–Kier alpha value is -3.15. The fourth-order valence-corrected chi connectivity index (χ4v) is 3.43. The average Bonchev–Trinajstić information content (AvgIpc) is 2.76. The average molecular weight is 334 g/mol. The molecule has 0 saturated heterocycles. The summed E-state index contributed by atoms with van der Waals surface area (Å²) < 4.78 is 5.82. The zero-order chi connectivity index (χ0) is 17.9. The maximum absolute atomic E-state index is 12.8. The number of aryl methyl sites for hydroxylation is 1. The zero-order valence-electron chi connectivity index (χ0n) is 14.3. The fraction of sp³-hybridized carbons (Fsp3) is 0.211. The normalized spacial score (nSPS) is 15.2. The molecule has 0 unspecified atom stereocenters. The zero-order valence-corrected chi connectivity index (χ0v) is 14.3. The standard InChI is InChI=1S/C19H18N4O2/c1-9-10(7-8-12-14(9)17(20)23-18(21)22-12)11-5-4-6-13-15(11)16(24)19(2,3)25-13/h4-8H,1-3H3,(H4,20,21,22,23). The first-order valence-electron chi connectivity index (χ1n) is 7.99. The first-order chi connectivity index (χ1) is 11.8. The van der Waals surface area contributed by atoms with Crippen LogP contribution in [0.4, 0.5) is 11.8 Å². The number of nitrogen functional groups attached to an aromatic ring is 2. The highest BCUT2D eigenvalue weighted by atomic mass is 16.5. The predicted octanol–water partition coefficient (Wildman–Crippen LogP) is 3.12. The van der Waals surface area contributed by atoms with Crippen LogP contribution in [0.15, 0.2) is 30.3 Å². The molecule has 6 nitrogen and oxygen atoms in total. The van der Waals surface area contributed by atoms with Crippen LogP contribution in [-0.2, 0) is 0 Å². The maximum atomic E-state index is 12.8. The van der Waals surface area contributed by atoms with Crippen LogP contribution in [0.5, 0.6) is 5.75 Å². The molecule has 2 aromatic carbocycles. The van der Waals surface area contributed by atoms with Crippen molar-refractivity contribution in [2.75, 3.05) is 11.5 Å². The second-order valence-corrected chi connectivity index (χ2v) is 6.72. The lowest BCUT2D eigenvalue weighted by Crippen LogP contribution is -2.32. The van der Waals surface area contributed by atoms with Crippen molar-refractivity contribution < 1.29 is 9.53 Å². The Balaban J connectivity index is 2.01. The number of nitrogens with zero attached hydrogens (tertiary/aromatic N) is 2. The highest BCUT2D eigenvalue weighted by Crippen LogP contribution is 2.42. The number of carbonyl (C=O) groups is 1. The smallest absolute Gasteiger partial charge is 0.222 e. The minimum Gasteiger partial charge on any atom is -0.479 e. The predicted molar refractivity (Wildman–Crippen MR) is 97.6 cm³/mol. The fourth-order valence-electron chi connectivity index (χ4n) is 3.43. The Morgan fingerprint density at radius 2 is 1.80 bits per heavy atom. The maximum Gasteiger partial charge on any atom is 0.222 e. The largest absolute Gasteiger partial charge is 0.479 e. The molecule has 0 aliphatic carbocycles. The number of Topliss-reactive ketones (excluding diaryl/α,β-unsaturated/α-hetero) is 1. The summed E-state index contributed by atoms with van der Waals surface area (Å²) in [6.07, 6.45) is 0. The van der Waals surface area contributed by atoms with Crippen molar-refractivity contribution in [1.82, 2.24) is 9.97 Å². The number of nitrogens with two attached hydrogens (primary N) is 2. The molecule has 1 aromatic heterocycles. The summed E-state index contributed by atoms with van der Waals surface area (Å²) in [5.74, 6) is 1.05. The number of ketones is 1. The van der Waals surface area contributed by atoms with Gasteiger partial charge in [0.2, 0.25) is 11.7 Å². The van der Waals surface area contributed by atoms with Crippen molar-refractivity contribution in [3.63, 3.8) is 0 Å². The van der Waals surface area contributed by atoms with Gasteiger partial charge in [-0.1, -0.05) is 18.2 Å². The van der Waals surface area contributed by atoms with Gasteiger partial charge in [-0.15, -0.1) is 0 Å². The van der Waals surface area contributed by atoms with Crippen LogP contribution < -0.4 is 16.2 Å². The number of carbonyl (C=O) groups excluding carboxylic acids is 1. The van der Waals surface area contributed by atoms with Gasteiger partial charge in [-0.25, -0.2) is 4.98 Å². The Morgan fingerprint density at radius 1 is 1.04 bits per heavy atom. The third kappa shape index (κ3) is 2.14. The van der Waals surface area contributed by atoms with E-state index in [1.165, 1.54) is 0 Å². The van der Waals surface area contributed by atoms with Crippen LogP contribution >= 0.6 is 0 Å². The first kappa shape index (κ1) is 15.4. The summed E-state index contributed by atoms with van der Waals surface area (Å²) in [7, 11) is 0. The summed E-state index contributed by atoms with van der Waals surface area (Å²) in [5.41, 5.74) is 14.8. The van der Waals surface area contributed by atoms with Crippen molar-refractivity contribution in [2.45, 2.75) is 26.4 Å². The number of anilines is 2. The molecule has 6 heteroatoms. The van der Waals surface area contributed by atoms with Gasteiger partial charge in [-0.05, 0) is 49.6 Å². The van der Waals surface area contributed by atoms with E-state index >= 15 is 0 Å². The lowest BCUT2D eigenvalue weighted by molar-refractivity contribution is 0.0684. The van der Waals surface area contributed by atoms with E-state index in [0.29, 0.717) is 22.6 Å². The lowest BCUT2D eigenvalue weighted by Gasteiger charge is -2.15. The lowest BCUT2D eigenvalue weighted by atomic mass is 9.89. The van der Waals surface area contributed by atoms with Gasteiger partial charge < -0.3 is 16.2 Å².